The molecule has 4 unspecified atom stereocenters. The second-order valence-electron chi connectivity index (χ2n) is 29.4. The number of H-pyrrole nitrogens is 4. The average Bonchev–Trinajstić information content (AvgIpc) is 1.55. The number of alkyl halides is 4. The summed E-state index contributed by atoms with van der Waals surface area (Å²) in [6.07, 6.45) is -27.1. The number of aromatic amines is 4. The third-order valence-electron chi connectivity index (χ3n) is 19.5. The first-order valence-electron chi connectivity index (χ1n) is 39.8. The Hall–Kier alpha value is -7.96. The molecule has 8 aliphatic rings. The lowest BCUT2D eigenvalue weighted by Gasteiger charge is -2.29. The van der Waals surface area contributed by atoms with Crippen LogP contribution in [0.15, 0.2) is 92.5 Å². The van der Waals surface area contributed by atoms with Crippen LogP contribution in [0, 0.1) is 97.7 Å². The van der Waals surface area contributed by atoms with Crippen LogP contribution in [0.5, 0.6) is 23.0 Å². The molecule has 16 rings (SSSR count). The Morgan fingerprint density at radius 2 is 0.625 bits per heavy atom. The van der Waals surface area contributed by atoms with Crippen molar-refractivity contribution >= 4 is 80.2 Å². The zero-order chi connectivity index (χ0) is 99.1. The van der Waals surface area contributed by atoms with Gasteiger partial charge < -0.3 is 77.9 Å². The standard InChI is InChI=1S/4C18H19F2N2O8PS/c4*1-8-3-9(2)13-10(4-8)6-27-31(26,30-13)28-7-18(20)14(24)12(23)16(29-18)22-5-11(19)15(25)21-17(22)32/h4*3-5,12,14,16,23-24H,6-7H2,1-2H3,(H,21,25,32)/t4*12-,14+,16-,18-,31?/m1111/s1/i7D2,16D;16D;7D2;. The molecular formula is C72H76F8N8O32P4S4. The lowest BCUT2D eigenvalue weighted by Crippen LogP contribution is -2.43. The molecule has 56 heteroatoms. The number of benzene rings is 4. The maximum Gasteiger partial charge on any atom is 0.530 e. The molecule has 0 spiro atoms. The zero-order valence-corrected chi connectivity index (χ0v) is 73.4. The molecule has 128 heavy (non-hydrogen) atoms. The summed E-state index contributed by atoms with van der Waals surface area (Å²) >= 11 is 19.3. The fourth-order valence-electron chi connectivity index (χ4n) is 13.5. The molecule has 8 aliphatic heterocycles. The predicted molar refractivity (Wildman–Crippen MR) is 427 cm³/mol. The first-order chi connectivity index (χ1) is 61.9. The highest BCUT2D eigenvalue weighted by molar-refractivity contribution is 7.71. The highest BCUT2D eigenvalue weighted by Crippen LogP contribution is 2.61. The number of aryl methyl sites for hydroxylation is 8. The number of nitrogens with one attached hydrogen (secondary N) is 4. The molecule has 8 aromatic rings. The number of hydrogen-bond donors (Lipinski definition) is 12. The van der Waals surface area contributed by atoms with Gasteiger partial charge in [-0.3, -0.25) is 93.6 Å². The minimum absolute atomic E-state index is 0.0617. The lowest BCUT2D eigenvalue weighted by atomic mass is 10.1. The van der Waals surface area contributed by atoms with Crippen LogP contribution in [0.1, 0.15) is 99.8 Å². The van der Waals surface area contributed by atoms with Crippen molar-refractivity contribution in [3.63, 3.8) is 0 Å². The van der Waals surface area contributed by atoms with Gasteiger partial charge in [-0.1, -0.05) is 70.8 Å². The number of aliphatic hydroxyl groups is 8. The van der Waals surface area contributed by atoms with Crippen LogP contribution < -0.4 is 40.3 Å². The average molecular weight is 1980 g/mol. The molecule has 4 saturated heterocycles. The van der Waals surface area contributed by atoms with Crippen LogP contribution in [0.4, 0.5) is 35.1 Å². The molecule has 40 nitrogen and oxygen atoms in total. The molecule has 4 fully saturated rings. The van der Waals surface area contributed by atoms with Crippen molar-refractivity contribution in [2.24, 2.45) is 0 Å². The van der Waals surface area contributed by atoms with E-state index in [0.29, 0.717) is 78.4 Å². The van der Waals surface area contributed by atoms with Crippen molar-refractivity contribution in [1.82, 2.24) is 38.2 Å². The highest BCUT2D eigenvalue weighted by Gasteiger charge is 2.62. The maximum absolute atomic E-state index is 15.9. The van der Waals surface area contributed by atoms with Gasteiger partial charge in [-0.25, -0.2) is 35.8 Å². The minimum atomic E-state index is -4.87. The van der Waals surface area contributed by atoms with Crippen LogP contribution >= 0.6 is 80.2 Å². The van der Waals surface area contributed by atoms with E-state index in [2.05, 4.69) is 0 Å². The molecule has 12 N–H and O–H groups in total. The SMILES string of the molecule is Cc1cc(C)c2c(c1)COP(=O)(OC[C@@]1(F)O[C@@H](n3cc(F)c(=O)[nH]c3=S)[C@H](O)[C@@H]1O)O2.[2H]C([2H])(OP1(=O)OCc2cc(C)cc(C)c2O1)[C@@]1(F)O[C@@H](n2cc(F)c(=O)[nH]c2=S)[C@H](O)[C@@H]1O.[2H]C([2H])(OP1(=O)OCc2cc(C)cc(C)c2O1)[C@@]1(F)O[C@@]([2H])(n2cc(F)c(=O)[nH]c2=S)[C@H](O)[C@@H]1O.[2H][C@@]1(n2cc(F)c(=O)[nH]c2=S)O[C@](F)(COP2(=O)OCc3cc(C)cc(C)c3O2)[C@@H](O)[C@H]1O. The first kappa shape index (κ1) is 89.3. The van der Waals surface area contributed by atoms with Crippen molar-refractivity contribution in [3.05, 3.63) is 224 Å². The number of ether oxygens (including phenoxy) is 4. The van der Waals surface area contributed by atoms with Gasteiger partial charge in [0.2, 0.25) is 23.3 Å². The minimum Gasteiger partial charge on any atom is -0.403 e. The number of nitrogens with zero attached hydrogens (tertiary/aromatic N) is 4. The topological polar surface area (TPSA) is 529 Å². The Morgan fingerprint density at radius 1 is 0.391 bits per heavy atom. The normalized spacial score (nSPS) is 33.9. The van der Waals surface area contributed by atoms with Crippen LogP contribution in [-0.4, -0.2) is 178 Å². The quantitative estimate of drug-likeness (QED) is 0.0243. The molecule has 0 saturated carbocycles. The molecule has 0 amide bonds. The summed E-state index contributed by atoms with van der Waals surface area (Å²) in [5, 5.41) is 82.3. The summed E-state index contributed by atoms with van der Waals surface area (Å²) in [4.78, 5) is 53.0. The van der Waals surface area contributed by atoms with Crippen LogP contribution in [0.3, 0.4) is 0 Å². The number of phosphoric acid groups is 4. The molecule has 0 aliphatic carbocycles. The Bertz CT molecular complexity index is 6810. The van der Waals surface area contributed by atoms with Gasteiger partial charge in [0.15, 0.2) is 43.9 Å². The van der Waals surface area contributed by atoms with E-state index in [9.17, 15) is 95.9 Å². The van der Waals surface area contributed by atoms with Crippen molar-refractivity contribution < 1.29 is 176 Å². The number of halogens is 8. The van der Waals surface area contributed by atoms with E-state index in [1.165, 1.54) is 0 Å². The second kappa shape index (κ2) is 36.9. The Labute approximate surface area is 742 Å². The van der Waals surface area contributed by atoms with Gasteiger partial charge >= 0.3 is 31.3 Å². The number of aliphatic hydroxyl groups excluding tert-OH is 8. The van der Waals surface area contributed by atoms with E-state index in [-0.39, 0.29) is 58.8 Å². The largest absolute Gasteiger partial charge is 0.530 e. The Morgan fingerprint density at radius 3 is 0.938 bits per heavy atom. The van der Waals surface area contributed by atoms with E-state index in [4.69, 9.17) is 130 Å². The van der Waals surface area contributed by atoms with Crippen molar-refractivity contribution in [3.8, 4) is 23.0 Å². The maximum atomic E-state index is 15.9. The molecule has 0 radical (unpaired) electrons. The molecule has 4 aromatic heterocycles. The van der Waals surface area contributed by atoms with E-state index in [0.717, 1.165) is 26.8 Å². The molecule has 20 atom stereocenters. The third-order valence-corrected chi connectivity index (χ3v) is 25.7. The van der Waals surface area contributed by atoms with E-state index in [1.54, 1.807) is 83.1 Å². The second-order valence-corrected chi connectivity index (χ2v) is 37.1. The fourth-order valence-corrected chi connectivity index (χ4v) is 19.4. The number of aromatic nitrogens is 8. The van der Waals surface area contributed by atoms with Gasteiger partial charge in [-0.15, -0.1) is 0 Å². The van der Waals surface area contributed by atoms with Crippen LogP contribution in [0.2, 0.25) is 0 Å². The van der Waals surface area contributed by atoms with Gasteiger partial charge in [0, 0.05) is 22.3 Å². The summed E-state index contributed by atoms with van der Waals surface area (Å²) in [7, 11) is -18.3. The van der Waals surface area contributed by atoms with Gasteiger partial charge in [-0.05, 0) is 127 Å². The number of fused-ring (bicyclic) bond motifs is 4. The lowest BCUT2D eigenvalue weighted by molar-refractivity contribution is -0.205. The predicted octanol–water partition coefficient (Wildman–Crippen LogP) is 9.25. The van der Waals surface area contributed by atoms with Gasteiger partial charge in [0.05, 0.1) is 59.4 Å². The van der Waals surface area contributed by atoms with Gasteiger partial charge in [-0.2, -0.15) is 17.6 Å². The first-order valence-corrected chi connectivity index (χ1v) is 44.3. The molecule has 696 valence electrons. The molecule has 0 bridgehead atoms. The Kier molecular flexibility index (Phi) is 25.7. The molecule has 4 aromatic carbocycles. The fraction of sp³-hybridized carbons (Fsp3) is 0.444. The van der Waals surface area contributed by atoms with Crippen LogP contribution in [0.25, 0.3) is 0 Å². The summed E-state index contributed by atoms with van der Waals surface area (Å²) < 4.78 is 299. The van der Waals surface area contributed by atoms with Crippen molar-refractivity contribution in [1.29, 1.82) is 0 Å². The van der Waals surface area contributed by atoms with Gasteiger partial charge in [0.1, 0.15) is 98.2 Å². The smallest absolute Gasteiger partial charge is 0.403 e. The number of phosphoric ester groups is 4. The molecular weight excluding hydrogens is 1890 g/mol. The third kappa shape index (κ3) is 20.0. The van der Waals surface area contributed by atoms with Crippen molar-refractivity contribution in [2.45, 2.75) is 179 Å². The number of rotatable bonds is 16. The summed E-state index contributed by atoms with van der Waals surface area (Å²) in [5.74, 6) is -19.2. The summed E-state index contributed by atoms with van der Waals surface area (Å²) in [5.41, 5.74) is 3.31. The monoisotopic (exact) mass is 1970 g/mol. The van der Waals surface area contributed by atoms with Gasteiger partial charge in [0.25, 0.3) is 45.7 Å². The number of hydrogen-bond acceptors (Lipinski definition) is 36. The summed E-state index contributed by atoms with van der Waals surface area (Å²) in [6.45, 7) is 3.07. The van der Waals surface area contributed by atoms with E-state index in [1.807, 2.05) is 40.7 Å². The van der Waals surface area contributed by atoms with E-state index < -0.39 is 215 Å². The summed E-state index contributed by atoms with van der Waals surface area (Å²) in [6, 6.07) is 13.8. The zero-order valence-electron chi connectivity index (χ0n) is 72.6. The Balaban J connectivity index is 0.000000152. The highest BCUT2D eigenvalue weighted by atomic mass is 32.1. The van der Waals surface area contributed by atoms with Crippen molar-refractivity contribution in [2.75, 3.05) is 26.3 Å². The van der Waals surface area contributed by atoms with Crippen LogP contribution in [-0.2, 0) is 99.8 Å². The van der Waals surface area contributed by atoms with E-state index >= 15 is 17.6 Å². The molecule has 12 heterocycles.